The van der Waals surface area contributed by atoms with Crippen LogP contribution >= 0.6 is 23.1 Å². The van der Waals surface area contributed by atoms with E-state index in [4.69, 9.17) is 9.47 Å². The average Bonchev–Trinajstić information content (AvgIpc) is 3.03. The predicted molar refractivity (Wildman–Crippen MR) is 102 cm³/mol. The fraction of sp³-hybridized carbons (Fsp3) is 0.176. The van der Waals surface area contributed by atoms with E-state index in [1.54, 1.807) is 18.2 Å². The number of benzene rings is 1. The lowest BCUT2D eigenvalue weighted by atomic mass is 10.1. The van der Waals surface area contributed by atoms with Gasteiger partial charge in [-0.05, 0) is 18.2 Å². The van der Waals surface area contributed by atoms with Crippen LogP contribution in [0.4, 0.5) is 0 Å². The Hall–Kier alpha value is -3.03. The van der Waals surface area contributed by atoms with E-state index in [2.05, 4.69) is 9.97 Å². The highest BCUT2D eigenvalue weighted by atomic mass is 32.2. The van der Waals surface area contributed by atoms with Gasteiger partial charge in [0.1, 0.15) is 16.3 Å². The molecule has 0 radical (unpaired) electrons. The highest BCUT2D eigenvalue weighted by molar-refractivity contribution is 8.02. The van der Waals surface area contributed by atoms with Crippen molar-refractivity contribution in [2.24, 2.45) is 0 Å². The van der Waals surface area contributed by atoms with Crippen molar-refractivity contribution in [1.82, 2.24) is 9.97 Å². The van der Waals surface area contributed by atoms with Crippen molar-refractivity contribution in [3.8, 4) is 17.6 Å². The molecule has 138 valence electrons. The van der Waals surface area contributed by atoms with Crippen molar-refractivity contribution in [2.45, 2.75) is 4.21 Å². The van der Waals surface area contributed by atoms with Crippen LogP contribution in [0.25, 0.3) is 10.2 Å². The molecule has 10 heteroatoms. The van der Waals surface area contributed by atoms with Crippen LogP contribution in [0, 0.1) is 11.3 Å². The van der Waals surface area contributed by atoms with Crippen LogP contribution in [0.5, 0.6) is 11.5 Å². The van der Waals surface area contributed by atoms with Gasteiger partial charge in [-0.1, -0.05) is 0 Å². The third-order valence-corrected chi connectivity index (χ3v) is 6.16. The molecule has 0 atom stereocenters. The molecule has 2 aromatic heterocycles. The van der Waals surface area contributed by atoms with Crippen molar-refractivity contribution in [3.63, 3.8) is 0 Å². The smallest absolute Gasteiger partial charge is 0.326 e. The molecule has 2 N–H and O–H groups in total. The number of Topliss-reactive ketones (excluding diaryl/α,β-unsaturated/α-hetero) is 1. The van der Waals surface area contributed by atoms with E-state index in [9.17, 15) is 19.6 Å². The summed E-state index contributed by atoms with van der Waals surface area (Å²) in [7, 11) is 2.99. The summed E-state index contributed by atoms with van der Waals surface area (Å²) in [5.41, 5.74) is -0.431. The Bertz CT molecular complexity index is 1190. The van der Waals surface area contributed by atoms with Gasteiger partial charge in [-0.3, -0.25) is 14.6 Å². The van der Waals surface area contributed by atoms with E-state index < -0.39 is 11.2 Å². The van der Waals surface area contributed by atoms with Gasteiger partial charge in [0.2, 0.25) is 0 Å². The van der Waals surface area contributed by atoms with E-state index in [1.165, 1.54) is 14.2 Å². The van der Waals surface area contributed by atoms with Crippen LogP contribution in [0.1, 0.15) is 15.9 Å². The second kappa shape index (κ2) is 7.69. The number of methoxy groups -OCH3 is 2. The molecule has 3 rings (SSSR count). The Morgan fingerprint density at radius 1 is 1.22 bits per heavy atom. The zero-order valence-electron chi connectivity index (χ0n) is 14.2. The maximum Gasteiger partial charge on any atom is 0.326 e. The first-order valence-electron chi connectivity index (χ1n) is 7.55. The number of rotatable bonds is 6. The Balaban J connectivity index is 1.88. The van der Waals surface area contributed by atoms with Gasteiger partial charge < -0.3 is 14.5 Å². The summed E-state index contributed by atoms with van der Waals surface area (Å²) in [6.45, 7) is 0. The molecule has 0 bridgehead atoms. The van der Waals surface area contributed by atoms with Gasteiger partial charge in [-0.2, -0.15) is 5.26 Å². The minimum atomic E-state index is -0.681. The molecule has 0 unspecified atom stereocenters. The van der Waals surface area contributed by atoms with E-state index in [0.29, 0.717) is 21.3 Å². The molecule has 8 nitrogen and oxygen atoms in total. The third kappa shape index (κ3) is 3.60. The van der Waals surface area contributed by atoms with Gasteiger partial charge in [-0.15, -0.1) is 23.1 Å². The summed E-state index contributed by atoms with van der Waals surface area (Å²) in [5, 5.41) is 9.39. The molecular weight excluding hydrogens is 390 g/mol. The number of hydrogen-bond donors (Lipinski definition) is 2. The minimum absolute atomic E-state index is 0.0547. The van der Waals surface area contributed by atoms with Crippen LogP contribution in [0.2, 0.25) is 0 Å². The quantitative estimate of drug-likeness (QED) is 0.477. The summed E-state index contributed by atoms with van der Waals surface area (Å²) in [6.07, 6.45) is 0. The number of thioether (sulfide) groups is 1. The van der Waals surface area contributed by atoms with Gasteiger partial charge in [0.25, 0.3) is 5.56 Å². The number of nitrogens with one attached hydrogen (secondary N) is 2. The lowest BCUT2D eigenvalue weighted by molar-refractivity contribution is 0.102. The molecule has 0 spiro atoms. The van der Waals surface area contributed by atoms with Crippen molar-refractivity contribution >= 4 is 39.1 Å². The van der Waals surface area contributed by atoms with Crippen molar-refractivity contribution in [3.05, 3.63) is 50.2 Å². The zero-order valence-corrected chi connectivity index (χ0v) is 15.9. The van der Waals surface area contributed by atoms with Crippen molar-refractivity contribution in [1.29, 1.82) is 5.26 Å². The number of hydrogen-bond acceptors (Lipinski definition) is 8. The molecular formula is C17H13N3O5S2. The average molecular weight is 403 g/mol. The van der Waals surface area contributed by atoms with Gasteiger partial charge in [0.05, 0.1) is 29.7 Å². The highest BCUT2D eigenvalue weighted by Crippen LogP contribution is 2.35. The Morgan fingerprint density at radius 3 is 2.63 bits per heavy atom. The second-order valence-corrected chi connectivity index (χ2v) is 7.53. The van der Waals surface area contributed by atoms with E-state index in [0.717, 1.165) is 23.1 Å². The third-order valence-electron chi connectivity index (χ3n) is 3.70. The van der Waals surface area contributed by atoms with Gasteiger partial charge in [-0.25, -0.2) is 4.79 Å². The standard InChI is InChI=1S/C17H13N3O5S2/c1-24-11-4-3-8(5-12(11)25-2)10(21)7-26-16-9(6-18)13-14(27-16)15(22)20-17(23)19-13/h3-5H,7H2,1-2H3,(H2,19,20,22,23). The molecule has 0 saturated carbocycles. The molecule has 0 saturated heterocycles. The SMILES string of the molecule is COc1ccc(C(=O)CSc2sc3c(=O)[nH]c(=O)[nH]c3c2C#N)cc1OC. The summed E-state index contributed by atoms with van der Waals surface area (Å²) in [6, 6.07) is 6.84. The lowest BCUT2D eigenvalue weighted by Gasteiger charge is -2.08. The number of aromatic nitrogens is 2. The summed E-state index contributed by atoms with van der Waals surface area (Å²) in [5.74, 6) is 0.835. The number of H-pyrrole nitrogens is 2. The van der Waals surface area contributed by atoms with Crippen molar-refractivity contribution in [2.75, 3.05) is 20.0 Å². The Labute approximate surface area is 160 Å². The summed E-state index contributed by atoms with van der Waals surface area (Å²) in [4.78, 5) is 40.4. The van der Waals surface area contributed by atoms with Gasteiger partial charge >= 0.3 is 5.69 Å². The fourth-order valence-electron chi connectivity index (χ4n) is 2.42. The second-order valence-electron chi connectivity index (χ2n) is 5.27. The van der Waals surface area contributed by atoms with Crippen molar-refractivity contribution < 1.29 is 14.3 Å². The summed E-state index contributed by atoms with van der Waals surface area (Å²) < 4.78 is 11.1. The van der Waals surface area contributed by atoms with Crippen LogP contribution in [0.3, 0.4) is 0 Å². The number of aromatic amines is 2. The molecule has 0 fully saturated rings. The number of fused-ring (bicyclic) bond motifs is 1. The fourth-order valence-corrected chi connectivity index (χ4v) is 4.64. The normalized spacial score (nSPS) is 10.6. The number of nitriles is 1. The van der Waals surface area contributed by atoms with E-state index in [1.807, 2.05) is 6.07 Å². The van der Waals surface area contributed by atoms with Crippen LogP contribution < -0.4 is 20.7 Å². The Kier molecular flexibility index (Phi) is 5.34. The molecule has 27 heavy (non-hydrogen) atoms. The first kappa shape index (κ1) is 18.8. The predicted octanol–water partition coefficient (Wildman–Crippen LogP) is 2.14. The minimum Gasteiger partial charge on any atom is -0.493 e. The van der Waals surface area contributed by atoms with E-state index in [-0.39, 0.29) is 27.3 Å². The number of nitrogens with zero attached hydrogens (tertiary/aromatic N) is 1. The van der Waals surface area contributed by atoms with E-state index >= 15 is 0 Å². The number of ketones is 1. The number of carbonyl (C=O) groups excluding carboxylic acids is 1. The molecule has 0 aliphatic carbocycles. The van der Waals surface area contributed by atoms with Crippen LogP contribution in [-0.4, -0.2) is 35.7 Å². The summed E-state index contributed by atoms with van der Waals surface area (Å²) >= 11 is 2.20. The molecule has 3 aromatic rings. The van der Waals surface area contributed by atoms with Crippen LogP contribution in [-0.2, 0) is 0 Å². The first-order valence-corrected chi connectivity index (χ1v) is 9.36. The maximum atomic E-state index is 12.5. The molecule has 1 aromatic carbocycles. The monoisotopic (exact) mass is 403 g/mol. The number of carbonyl (C=O) groups is 1. The molecule has 0 aliphatic rings. The molecule has 0 amide bonds. The molecule has 2 heterocycles. The molecule has 0 aliphatic heterocycles. The first-order chi connectivity index (χ1) is 13.0. The van der Waals surface area contributed by atoms with Crippen LogP contribution in [0.15, 0.2) is 32.0 Å². The zero-order chi connectivity index (χ0) is 19.6. The topological polar surface area (TPSA) is 125 Å². The van der Waals surface area contributed by atoms with Gasteiger partial charge in [0.15, 0.2) is 17.3 Å². The number of thiophene rings is 1. The highest BCUT2D eigenvalue weighted by Gasteiger charge is 2.18. The number of ether oxygens (including phenoxy) is 2. The maximum absolute atomic E-state index is 12.5. The van der Waals surface area contributed by atoms with Gasteiger partial charge in [0, 0.05) is 5.56 Å². The lowest BCUT2D eigenvalue weighted by Crippen LogP contribution is -2.20. The Morgan fingerprint density at radius 2 is 1.96 bits per heavy atom. The largest absolute Gasteiger partial charge is 0.493 e.